The summed E-state index contributed by atoms with van der Waals surface area (Å²) in [5, 5.41) is 0.618. The molecular weight excluding hydrogens is 196 g/mol. The fraction of sp³-hybridized carbons (Fsp3) is 1.00. The van der Waals surface area contributed by atoms with E-state index >= 15 is 0 Å². The molecular formula is C14H30Si. The second kappa shape index (κ2) is 4.23. The largest absolute Gasteiger partial charge is 0.0689 e. The molecule has 1 atom stereocenters. The Morgan fingerprint density at radius 3 is 2.27 bits per heavy atom. The third-order valence-electron chi connectivity index (χ3n) is 5.81. The molecule has 1 aliphatic rings. The zero-order valence-corrected chi connectivity index (χ0v) is 12.7. The maximum absolute atomic E-state index is 2.61. The lowest BCUT2D eigenvalue weighted by atomic mass is 9.71. The molecule has 15 heavy (non-hydrogen) atoms. The highest BCUT2D eigenvalue weighted by Crippen LogP contribution is 2.61. The normalized spacial score (nSPS) is 34.0. The van der Waals surface area contributed by atoms with Gasteiger partial charge in [0.15, 0.2) is 0 Å². The molecule has 1 fully saturated rings. The first-order valence-electron chi connectivity index (χ1n) is 6.77. The predicted molar refractivity (Wildman–Crippen MR) is 73.2 cm³/mol. The van der Waals surface area contributed by atoms with Crippen molar-refractivity contribution in [1.29, 1.82) is 0 Å². The van der Waals surface area contributed by atoms with Gasteiger partial charge in [0.2, 0.25) is 0 Å². The number of hydrogen-bond acceptors (Lipinski definition) is 0. The Kier molecular flexibility index (Phi) is 3.75. The lowest BCUT2D eigenvalue weighted by Gasteiger charge is -2.57. The van der Waals surface area contributed by atoms with Crippen LogP contribution < -0.4 is 0 Å². The highest BCUT2D eigenvalue weighted by Gasteiger charge is 2.52. The molecule has 0 bridgehead atoms. The molecule has 90 valence electrons. The first-order chi connectivity index (χ1) is 6.77. The van der Waals surface area contributed by atoms with Gasteiger partial charge in [-0.1, -0.05) is 66.1 Å². The van der Waals surface area contributed by atoms with Crippen LogP contribution >= 0.6 is 0 Å². The van der Waals surface area contributed by atoms with Crippen LogP contribution in [0.25, 0.3) is 0 Å². The minimum atomic E-state index is -1.00. The fourth-order valence-electron chi connectivity index (χ4n) is 3.37. The molecule has 1 heterocycles. The van der Waals surface area contributed by atoms with Gasteiger partial charge in [0.1, 0.15) is 0 Å². The summed E-state index contributed by atoms with van der Waals surface area (Å²) in [7, 11) is -1.00. The zero-order chi connectivity index (χ0) is 11.7. The molecule has 0 N–H and O–H groups in total. The van der Waals surface area contributed by atoms with Gasteiger partial charge in [-0.05, 0) is 23.3 Å². The van der Waals surface area contributed by atoms with Gasteiger partial charge in [-0.3, -0.25) is 0 Å². The Hall–Kier alpha value is 0.217. The van der Waals surface area contributed by atoms with E-state index in [1.807, 2.05) is 0 Å². The van der Waals surface area contributed by atoms with Crippen LogP contribution in [0.3, 0.4) is 0 Å². The summed E-state index contributed by atoms with van der Waals surface area (Å²) in [5.74, 6) is 0. The fourth-order valence-corrected chi connectivity index (χ4v) is 6.94. The van der Waals surface area contributed by atoms with E-state index < -0.39 is 8.07 Å². The minimum Gasteiger partial charge on any atom is -0.0689 e. The van der Waals surface area contributed by atoms with Crippen LogP contribution in [0.2, 0.25) is 24.2 Å². The highest BCUT2D eigenvalue weighted by molar-refractivity contribution is 6.80. The molecule has 0 aromatic carbocycles. The van der Waals surface area contributed by atoms with E-state index in [-0.39, 0.29) is 0 Å². The average Bonchev–Trinajstić information content (AvgIpc) is 2.12. The Balaban J connectivity index is 2.87. The summed E-state index contributed by atoms with van der Waals surface area (Å²) >= 11 is 0. The quantitative estimate of drug-likeness (QED) is 0.560. The summed E-state index contributed by atoms with van der Waals surface area (Å²) in [5.41, 5.74) is 0.622. The molecule has 1 saturated heterocycles. The van der Waals surface area contributed by atoms with Gasteiger partial charge in [-0.2, -0.15) is 0 Å². The second-order valence-electron chi connectivity index (χ2n) is 7.03. The van der Waals surface area contributed by atoms with Gasteiger partial charge in [0, 0.05) is 0 Å². The lowest BCUT2D eigenvalue weighted by Crippen LogP contribution is -2.51. The number of unbranched alkanes of at least 4 members (excludes halogenated alkanes) is 1. The molecule has 0 amide bonds. The van der Waals surface area contributed by atoms with Crippen LogP contribution in [0.4, 0.5) is 0 Å². The summed E-state index contributed by atoms with van der Waals surface area (Å²) in [6.45, 7) is 15.2. The topological polar surface area (TPSA) is 0 Å². The van der Waals surface area contributed by atoms with E-state index in [0.29, 0.717) is 10.5 Å². The van der Waals surface area contributed by atoms with Gasteiger partial charge in [-0.25, -0.2) is 0 Å². The van der Waals surface area contributed by atoms with Crippen LogP contribution in [0.5, 0.6) is 0 Å². The van der Waals surface area contributed by atoms with Crippen molar-refractivity contribution in [1.82, 2.24) is 0 Å². The van der Waals surface area contributed by atoms with Crippen LogP contribution in [0, 0.1) is 5.41 Å². The first-order valence-corrected chi connectivity index (χ1v) is 9.97. The predicted octanol–water partition coefficient (Wildman–Crippen LogP) is 5.47. The van der Waals surface area contributed by atoms with Crippen molar-refractivity contribution < 1.29 is 0 Å². The van der Waals surface area contributed by atoms with Crippen LogP contribution in [-0.4, -0.2) is 8.07 Å². The number of hydrogen-bond donors (Lipinski definition) is 0. The zero-order valence-electron chi connectivity index (χ0n) is 11.7. The molecule has 0 spiro atoms. The summed E-state index contributed by atoms with van der Waals surface area (Å²) in [6.07, 6.45) is 7.18. The van der Waals surface area contributed by atoms with Crippen molar-refractivity contribution in [2.45, 2.75) is 84.0 Å². The molecule has 1 heteroatoms. The minimum absolute atomic E-state index is 0.618. The molecule has 0 aromatic heterocycles. The van der Waals surface area contributed by atoms with Crippen LogP contribution in [0.1, 0.15) is 59.8 Å². The average molecular weight is 226 g/mol. The third kappa shape index (κ3) is 2.18. The second-order valence-corrected chi connectivity index (χ2v) is 12.5. The van der Waals surface area contributed by atoms with Crippen molar-refractivity contribution in [2.24, 2.45) is 5.41 Å². The summed E-state index contributed by atoms with van der Waals surface area (Å²) in [6, 6.07) is 1.54. The SMILES string of the molecule is CCCCC1(C)CCC[Si](C)(C)C1(C)C. The van der Waals surface area contributed by atoms with E-state index in [2.05, 4.69) is 40.8 Å². The van der Waals surface area contributed by atoms with Crippen molar-refractivity contribution in [3.63, 3.8) is 0 Å². The monoisotopic (exact) mass is 226 g/mol. The van der Waals surface area contributed by atoms with Crippen LogP contribution in [0.15, 0.2) is 0 Å². The van der Waals surface area contributed by atoms with Crippen molar-refractivity contribution in [3.8, 4) is 0 Å². The van der Waals surface area contributed by atoms with Crippen molar-refractivity contribution in [3.05, 3.63) is 0 Å². The van der Waals surface area contributed by atoms with E-state index in [9.17, 15) is 0 Å². The van der Waals surface area contributed by atoms with Gasteiger partial charge < -0.3 is 0 Å². The number of rotatable bonds is 3. The molecule has 0 aromatic rings. The van der Waals surface area contributed by atoms with E-state index in [0.717, 1.165) is 0 Å². The molecule has 0 nitrogen and oxygen atoms in total. The lowest BCUT2D eigenvalue weighted by molar-refractivity contribution is 0.166. The Morgan fingerprint density at radius 2 is 1.73 bits per heavy atom. The Labute approximate surface area is 97.9 Å². The molecule has 1 rings (SSSR count). The summed E-state index contributed by atoms with van der Waals surface area (Å²) < 4.78 is 0. The van der Waals surface area contributed by atoms with Crippen molar-refractivity contribution in [2.75, 3.05) is 0 Å². The highest BCUT2D eigenvalue weighted by atomic mass is 28.3. The summed E-state index contributed by atoms with van der Waals surface area (Å²) in [4.78, 5) is 0. The molecule has 0 radical (unpaired) electrons. The van der Waals surface area contributed by atoms with E-state index in [4.69, 9.17) is 0 Å². The Morgan fingerprint density at radius 1 is 1.13 bits per heavy atom. The van der Waals surface area contributed by atoms with E-state index in [1.54, 1.807) is 6.04 Å². The van der Waals surface area contributed by atoms with Gasteiger partial charge in [-0.15, -0.1) is 0 Å². The van der Waals surface area contributed by atoms with Crippen LogP contribution in [-0.2, 0) is 0 Å². The van der Waals surface area contributed by atoms with E-state index in [1.165, 1.54) is 32.1 Å². The van der Waals surface area contributed by atoms with Gasteiger partial charge >= 0.3 is 0 Å². The molecule has 0 aliphatic carbocycles. The maximum Gasteiger partial charge on any atom is 0.0536 e. The van der Waals surface area contributed by atoms with Gasteiger partial charge in [0.25, 0.3) is 0 Å². The Bertz CT molecular complexity index is 217. The molecule has 1 aliphatic heterocycles. The first kappa shape index (κ1) is 13.3. The smallest absolute Gasteiger partial charge is 0.0536 e. The van der Waals surface area contributed by atoms with Gasteiger partial charge in [0.05, 0.1) is 8.07 Å². The standard InChI is InChI=1S/C14H30Si/c1-7-8-10-14(4)11-9-12-15(5,6)13(14,2)3/h7-12H2,1-6H3. The van der Waals surface area contributed by atoms with Crippen molar-refractivity contribution >= 4 is 8.07 Å². The molecule has 0 saturated carbocycles. The maximum atomic E-state index is 2.61. The molecule has 1 unspecified atom stereocenters. The third-order valence-corrected chi connectivity index (χ3v) is 11.4.